The van der Waals surface area contributed by atoms with Crippen molar-refractivity contribution in [2.75, 3.05) is 14.7 Å². The molecule has 75 heavy (non-hydrogen) atoms. The van der Waals surface area contributed by atoms with E-state index in [9.17, 15) is 0 Å². The molecule has 1 aromatic heterocycles. The molecule has 0 spiro atoms. The summed E-state index contributed by atoms with van der Waals surface area (Å²) in [6, 6.07) is 58.7. The zero-order valence-electron chi connectivity index (χ0n) is 46.6. The molecule has 2 atom stereocenters. The first-order valence-electron chi connectivity index (χ1n) is 27.7. The van der Waals surface area contributed by atoms with Gasteiger partial charge < -0.3 is 19.1 Å². The number of fused-ring (bicyclic) bond motifs is 10. The second-order valence-electron chi connectivity index (χ2n) is 26.3. The third-order valence-electron chi connectivity index (χ3n) is 18.4. The summed E-state index contributed by atoms with van der Waals surface area (Å²) in [5, 5.41) is 2.26. The third-order valence-corrected chi connectivity index (χ3v) is 18.4. The Labute approximate surface area is 446 Å². The highest BCUT2D eigenvalue weighted by molar-refractivity contribution is 7.00. The summed E-state index contributed by atoms with van der Waals surface area (Å²) in [7, 11) is 0. The van der Waals surface area contributed by atoms with Crippen LogP contribution in [0.5, 0.6) is 0 Å². The van der Waals surface area contributed by atoms with E-state index in [1.807, 2.05) is 0 Å². The second kappa shape index (κ2) is 16.3. The van der Waals surface area contributed by atoms with Gasteiger partial charge in [-0.3, -0.25) is 0 Å². The molecule has 0 saturated heterocycles. The number of hydrogen-bond acceptors (Lipinski definition) is 4. The molecule has 3 aliphatic heterocycles. The van der Waals surface area contributed by atoms with Crippen molar-refractivity contribution in [2.24, 2.45) is 0 Å². The topological polar surface area (TPSA) is 22.9 Å². The summed E-state index contributed by atoms with van der Waals surface area (Å²) in [4.78, 5) is 8.15. The molecule has 0 N–H and O–H groups in total. The Bertz CT molecular complexity index is 3820. The summed E-state index contributed by atoms with van der Waals surface area (Å²) in [5.74, 6) is 0. The van der Waals surface area contributed by atoms with Gasteiger partial charge in [-0.1, -0.05) is 173 Å². The van der Waals surface area contributed by atoms with Gasteiger partial charge in [0.15, 0.2) is 0 Å². The summed E-state index contributed by atoms with van der Waals surface area (Å²) < 4.78 is 6.76. The first kappa shape index (κ1) is 47.7. The number of rotatable bonds is 4. The van der Waals surface area contributed by atoms with Gasteiger partial charge >= 0.3 is 0 Å². The fraction of sp³-hybridized carbons (Fsp3) is 0.314. The maximum Gasteiger partial charge on any atom is 0.252 e. The zero-order valence-corrected chi connectivity index (χ0v) is 46.6. The van der Waals surface area contributed by atoms with Crippen LogP contribution in [-0.2, 0) is 21.7 Å². The Kier molecular flexibility index (Phi) is 10.3. The van der Waals surface area contributed by atoms with E-state index in [-0.39, 0.29) is 33.9 Å². The Morgan fingerprint density at radius 2 is 1.05 bits per heavy atom. The molecular formula is C70H72BN3O. The maximum absolute atomic E-state index is 6.76. The lowest BCUT2D eigenvalue weighted by Gasteiger charge is -2.51. The van der Waals surface area contributed by atoms with Gasteiger partial charge in [-0.2, -0.15) is 0 Å². The fourth-order valence-electron chi connectivity index (χ4n) is 14.3. The van der Waals surface area contributed by atoms with Gasteiger partial charge in [0.25, 0.3) is 6.71 Å². The van der Waals surface area contributed by atoms with Gasteiger partial charge in [0.2, 0.25) is 0 Å². The third kappa shape index (κ3) is 7.01. The van der Waals surface area contributed by atoms with Crippen molar-refractivity contribution in [1.29, 1.82) is 0 Å². The molecule has 1 fully saturated rings. The Morgan fingerprint density at radius 3 is 1.69 bits per heavy atom. The summed E-state index contributed by atoms with van der Waals surface area (Å²) in [6.07, 6.45) is 4.72. The molecule has 376 valence electrons. The molecule has 1 aliphatic carbocycles. The van der Waals surface area contributed by atoms with Gasteiger partial charge in [-0.25, -0.2) is 0 Å². The highest BCUT2D eigenvalue weighted by Crippen LogP contribution is 2.63. The number of para-hydroxylation sites is 1. The van der Waals surface area contributed by atoms with E-state index in [1.54, 1.807) is 0 Å². The minimum Gasteiger partial charge on any atom is -0.456 e. The van der Waals surface area contributed by atoms with E-state index in [1.165, 1.54) is 114 Å². The average Bonchev–Trinajstić information content (AvgIpc) is 3.92. The van der Waals surface area contributed by atoms with Crippen LogP contribution in [0.2, 0.25) is 0 Å². The van der Waals surface area contributed by atoms with Gasteiger partial charge in [0, 0.05) is 50.5 Å². The number of furan rings is 1. The zero-order chi connectivity index (χ0) is 52.3. The second-order valence-corrected chi connectivity index (χ2v) is 26.3. The van der Waals surface area contributed by atoms with Crippen molar-refractivity contribution in [1.82, 2.24) is 0 Å². The standard InChI is InChI=1S/C70H72BN3O/c1-43-36-44(2)64-58(37-43)74(70(13)35-20-19-34-69(64,70)12)49-41-59-65-60(42-49)73(57-25-21-27-62-63(57)50-24-17-18-26-61(50)75-62)56-33-30-48(68(9,10)11)40-53(56)71(65)52-39-47(67(6,7)8)29-32-55(52)72(59)54-31-28-46(66(3,4)5)38-51(54)45-22-15-14-16-23-45/h14-18,21-33,36-42H,19-20,34-35H2,1-13H3. The van der Waals surface area contributed by atoms with Crippen LogP contribution in [0.15, 0.2) is 156 Å². The Hall–Kier alpha value is -6.98. The molecule has 5 heteroatoms. The molecule has 0 bridgehead atoms. The fourth-order valence-corrected chi connectivity index (χ4v) is 14.3. The van der Waals surface area contributed by atoms with E-state index in [4.69, 9.17) is 4.42 Å². The normalized spacial score (nSPS) is 19.1. The van der Waals surface area contributed by atoms with Crippen molar-refractivity contribution >= 4 is 90.5 Å². The molecule has 8 aromatic carbocycles. The molecule has 9 aromatic rings. The first-order chi connectivity index (χ1) is 35.7. The average molecular weight is 982 g/mol. The highest BCUT2D eigenvalue weighted by atomic mass is 16.3. The van der Waals surface area contributed by atoms with Gasteiger partial charge in [0.05, 0.1) is 22.3 Å². The van der Waals surface area contributed by atoms with Crippen molar-refractivity contribution in [2.45, 2.75) is 143 Å². The molecule has 13 rings (SSSR count). The predicted molar refractivity (Wildman–Crippen MR) is 322 cm³/mol. The number of aryl methyl sites for hydroxylation is 2. The Morgan fingerprint density at radius 1 is 0.493 bits per heavy atom. The lowest BCUT2D eigenvalue weighted by molar-refractivity contribution is 0.194. The van der Waals surface area contributed by atoms with E-state index < -0.39 is 0 Å². The number of benzene rings is 8. The van der Waals surface area contributed by atoms with Crippen LogP contribution in [0.3, 0.4) is 0 Å². The number of hydrogen-bond donors (Lipinski definition) is 0. The van der Waals surface area contributed by atoms with E-state index in [0.717, 1.165) is 40.5 Å². The summed E-state index contributed by atoms with van der Waals surface area (Å²) in [5.41, 5.74) is 25.8. The smallest absolute Gasteiger partial charge is 0.252 e. The van der Waals surface area contributed by atoms with Crippen LogP contribution in [0, 0.1) is 13.8 Å². The van der Waals surface area contributed by atoms with Crippen LogP contribution in [0.4, 0.5) is 45.5 Å². The lowest BCUT2D eigenvalue weighted by atomic mass is 9.33. The molecule has 0 radical (unpaired) electrons. The minimum atomic E-state index is -0.172. The van der Waals surface area contributed by atoms with Gasteiger partial charge in [-0.15, -0.1) is 0 Å². The van der Waals surface area contributed by atoms with E-state index >= 15 is 0 Å². The first-order valence-corrected chi connectivity index (χ1v) is 27.7. The SMILES string of the molecule is Cc1cc(C)c2c(c1)N(c1cc3c4c(c1)N(c1cccc5oc6ccccc6c15)c1ccc(C(C)(C)C)cc1B4c1cc(C(C)(C)C)ccc1N3c1ccc(C(C)(C)C)cc1-c1ccccc1)C1(C)CCCCC21C. The van der Waals surface area contributed by atoms with Crippen molar-refractivity contribution in [3.05, 3.63) is 185 Å². The molecule has 4 heterocycles. The van der Waals surface area contributed by atoms with Crippen molar-refractivity contribution in [3.8, 4) is 11.1 Å². The van der Waals surface area contributed by atoms with Gasteiger partial charge in [-0.05, 0) is 166 Å². The van der Waals surface area contributed by atoms with E-state index in [2.05, 4.69) is 256 Å². The summed E-state index contributed by atoms with van der Waals surface area (Å²) in [6.45, 7) is 30.9. The molecule has 2 unspecified atom stereocenters. The van der Waals surface area contributed by atoms with Crippen LogP contribution in [0.1, 0.15) is 135 Å². The maximum atomic E-state index is 6.76. The van der Waals surface area contributed by atoms with Crippen LogP contribution in [-0.4, -0.2) is 12.3 Å². The number of anilines is 8. The van der Waals surface area contributed by atoms with Crippen molar-refractivity contribution in [3.63, 3.8) is 0 Å². The monoisotopic (exact) mass is 982 g/mol. The predicted octanol–water partition coefficient (Wildman–Crippen LogP) is 17.6. The minimum absolute atomic E-state index is 0.0378. The quantitative estimate of drug-likeness (QED) is 0.164. The lowest BCUT2D eigenvalue weighted by Crippen LogP contribution is -2.62. The molecule has 0 amide bonds. The highest BCUT2D eigenvalue weighted by Gasteiger charge is 2.59. The number of nitrogens with zero attached hydrogens (tertiary/aromatic N) is 3. The molecular weight excluding hydrogens is 910 g/mol. The molecule has 1 saturated carbocycles. The van der Waals surface area contributed by atoms with Crippen LogP contribution >= 0.6 is 0 Å². The van der Waals surface area contributed by atoms with E-state index in [0.29, 0.717) is 0 Å². The summed E-state index contributed by atoms with van der Waals surface area (Å²) >= 11 is 0. The molecule has 4 nitrogen and oxygen atoms in total. The Balaban J connectivity index is 1.22. The van der Waals surface area contributed by atoms with Gasteiger partial charge in [0.1, 0.15) is 11.2 Å². The molecule has 4 aliphatic rings. The largest absolute Gasteiger partial charge is 0.456 e. The van der Waals surface area contributed by atoms with Crippen LogP contribution < -0.4 is 31.1 Å². The van der Waals surface area contributed by atoms with Crippen molar-refractivity contribution < 1.29 is 4.42 Å². The van der Waals surface area contributed by atoms with Crippen LogP contribution in [0.25, 0.3) is 33.1 Å².